The molecule has 4 rings (SSSR count). The van der Waals surface area contributed by atoms with Crippen LogP contribution in [0.5, 0.6) is 0 Å². The summed E-state index contributed by atoms with van der Waals surface area (Å²) in [6.07, 6.45) is 1.88. The van der Waals surface area contributed by atoms with Gasteiger partial charge in [0, 0.05) is 36.7 Å². The molecule has 0 bridgehead atoms. The molecule has 2 fully saturated rings. The van der Waals surface area contributed by atoms with Crippen molar-refractivity contribution in [2.75, 3.05) is 29.7 Å². The van der Waals surface area contributed by atoms with Crippen LogP contribution in [0.1, 0.15) is 40.0 Å². The molecule has 6 nitrogen and oxygen atoms in total. The van der Waals surface area contributed by atoms with Gasteiger partial charge in [-0.1, -0.05) is 36.4 Å². The van der Waals surface area contributed by atoms with Gasteiger partial charge in [-0.2, -0.15) is 0 Å². The summed E-state index contributed by atoms with van der Waals surface area (Å²) in [6.45, 7) is 1.50. The minimum Gasteiger partial charge on any atom is -0.339 e. The number of anilines is 1. The Kier molecular flexibility index (Phi) is 5.41. The quantitative estimate of drug-likeness (QED) is 0.724. The molecule has 0 saturated carbocycles. The molecule has 2 heterocycles. The number of sulfonamides is 1. The lowest BCUT2D eigenvalue weighted by molar-refractivity contribution is 0.0650. The number of likely N-dealkylation sites (tertiary alicyclic amines) is 1. The number of hydrogen-bond acceptors (Lipinski definition) is 4. The third-order valence-corrected chi connectivity index (χ3v) is 7.56. The van der Waals surface area contributed by atoms with Gasteiger partial charge in [0.25, 0.3) is 5.91 Å². The summed E-state index contributed by atoms with van der Waals surface area (Å²) in [4.78, 5) is 27.3. The Bertz CT molecular complexity index is 1010. The summed E-state index contributed by atoms with van der Waals surface area (Å²) >= 11 is 0. The fourth-order valence-electron chi connectivity index (χ4n) is 4.09. The fraction of sp³-hybridized carbons (Fsp3) is 0.364. The maximum atomic E-state index is 12.9. The number of amides is 1. The number of rotatable bonds is 4. The molecule has 152 valence electrons. The minimum absolute atomic E-state index is 0.0671. The van der Waals surface area contributed by atoms with E-state index in [2.05, 4.69) is 0 Å². The molecule has 0 unspecified atom stereocenters. The highest BCUT2D eigenvalue weighted by atomic mass is 32.2. The first-order valence-electron chi connectivity index (χ1n) is 9.95. The van der Waals surface area contributed by atoms with Gasteiger partial charge in [-0.3, -0.25) is 13.9 Å². The molecular formula is C22H24N2O4S. The topological polar surface area (TPSA) is 74.8 Å². The number of carbonyl (C=O) groups excluding carboxylic acids is 2. The van der Waals surface area contributed by atoms with Crippen molar-refractivity contribution >= 4 is 27.4 Å². The van der Waals surface area contributed by atoms with Gasteiger partial charge in [0.1, 0.15) is 0 Å². The standard InChI is InChI=1S/C22H24N2O4S/c25-21(17-6-2-1-3-7-17)18-10-13-23(14-11-18)22(26)19-8-4-9-20(16-19)24-12-5-15-29(24,27)28/h1-4,6-9,16,18H,5,10-15H2. The van der Waals surface area contributed by atoms with Crippen LogP contribution in [-0.4, -0.2) is 50.4 Å². The highest BCUT2D eigenvalue weighted by molar-refractivity contribution is 7.93. The number of benzene rings is 2. The number of piperidine rings is 1. The van der Waals surface area contributed by atoms with Crippen molar-refractivity contribution in [1.82, 2.24) is 4.90 Å². The smallest absolute Gasteiger partial charge is 0.253 e. The van der Waals surface area contributed by atoms with Gasteiger partial charge in [0.05, 0.1) is 11.4 Å². The first kappa shape index (κ1) is 19.6. The van der Waals surface area contributed by atoms with Gasteiger partial charge in [0.15, 0.2) is 5.78 Å². The second kappa shape index (κ2) is 7.99. The number of carbonyl (C=O) groups is 2. The summed E-state index contributed by atoms with van der Waals surface area (Å²) < 4.78 is 25.7. The van der Waals surface area contributed by atoms with Crippen LogP contribution in [0.15, 0.2) is 54.6 Å². The van der Waals surface area contributed by atoms with E-state index in [1.165, 1.54) is 4.31 Å². The molecule has 0 aliphatic carbocycles. The van der Waals surface area contributed by atoms with Gasteiger partial charge in [0.2, 0.25) is 10.0 Å². The zero-order valence-electron chi connectivity index (χ0n) is 16.2. The van der Waals surface area contributed by atoms with E-state index < -0.39 is 10.0 Å². The van der Waals surface area contributed by atoms with Crippen LogP contribution in [0, 0.1) is 5.92 Å². The molecule has 0 atom stereocenters. The molecule has 1 amide bonds. The molecule has 2 aromatic carbocycles. The van der Waals surface area contributed by atoms with E-state index in [1.54, 1.807) is 29.2 Å². The average Bonchev–Trinajstić information content (AvgIpc) is 3.12. The monoisotopic (exact) mass is 412 g/mol. The van der Waals surface area contributed by atoms with Gasteiger partial charge in [-0.05, 0) is 37.5 Å². The summed E-state index contributed by atoms with van der Waals surface area (Å²) in [6, 6.07) is 16.1. The number of Topliss-reactive ketones (excluding diaryl/α,β-unsaturated/α-hetero) is 1. The molecule has 2 aromatic rings. The molecule has 29 heavy (non-hydrogen) atoms. The van der Waals surface area contributed by atoms with Crippen molar-refractivity contribution in [2.24, 2.45) is 5.92 Å². The molecule has 2 aliphatic heterocycles. The lowest BCUT2D eigenvalue weighted by Gasteiger charge is -2.31. The SMILES string of the molecule is O=C(c1ccccc1)C1CCN(C(=O)c2cccc(N3CCCS3(=O)=O)c2)CC1. The summed E-state index contributed by atoms with van der Waals surface area (Å²) in [5.74, 6) is 0.101. The van der Waals surface area contributed by atoms with Crippen molar-refractivity contribution < 1.29 is 18.0 Å². The maximum absolute atomic E-state index is 12.9. The zero-order valence-corrected chi connectivity index (χ0v) is 17.0. The van der Waals surface area contributed by atoms with Crippen LogP contribution in [0.25, 0.3) is 0 Å². The first-order chi connectivity index (χ1) is 14.0. The largest absolute Gasteiger partial charge is 0.339 e. The summed E-state index contributed by atoms with van der Waals surface area (Å²) in [5, 5.41) is 0. The normalized spacial score (nSPS) is 19.3. The van der Waals surface area contributed by atoms with E-state index in [0.29, 0.717) is 50.1 Å². The van der Waals surface area contributed by atoms with E-state index in [9.17, 15) is 18.0 Å². The van der Waals surface area contributed by atoms with Crippen LogP contribution in [0.2, 0.25) is 0 Å². The van der Waals surface area contributed by atoms with Crippen LogP contribution in [0.3, 0.4) is 0 Å². The first-order valence-corrected chi connectivity index (χ1v) is 11.6. The van der Waals surface area contributed by atoms with Crippen molar-refractivity contribution in [1.29, 1.82) is 0 Å². The Balaban J connectivity index is 1.43. The third-order valence-electron chi connectivity index (χ3n) is 5.69. The number of hydrogen-bond donors (Lipinski definition) is 0. The van der Waals surface area contributed by atoms with Crippen LogP contribution in [0.4, 0.5) is 5.69 Å². The van der Waals surface area contributed by atoms with E-state index in [-0.39, 0.29) is 23.4 Å². The molecular weight excluding hydrogens is 388 g/mol. The second-order valence-corrected chi connectivity index (χ2v) is 9.60. The molecule has 7 heteroatoms. The second-order valence-electron chi connectivity index (χ2n) is 7.59. The van der Waals surface area contributed by atoms with E-state index in [4.69, 9.17) is 0 Å². The fourth-order valence-corrected chi connectivity index (χ4v) is 5.65. The van der Waals surface area contributed by atoms with E-state index >= 15 is 0 Å². The van der Waals surface area contributed by atoms with Gasteiger partial charge in [-0.25, -0.2) is 8.42 Å². The van der Waals surface area contributed by atoms with Gasteiger partial charge < -0.3 is 4.90 Å². The molecule has 2 aliphatic rings. The Morgan fingerprint density at radius 2 is 1.55 bits per heavy atom. The predicted octanol–water partition coefficient (Wildman–Crippen LogP) is 2.96. The number of ketones is 1. The Hall–Kier alpha value is -2.67. The van der Waals surface area contributed by atoms with Crippen molar-refractivity contribution in [3.8, 4) is 0 Å². The molecule has 0 spiro atoms. The van der Waals surface area contributed by atoms with Crippen molar-refractivity contribution in [2.45, 2.75) is 19.3 Å². The molecule has 0 N–H and O–H groups in total. The molecule has 2 saturated heterocycles. The summed E-state index contributed by atoms with van der Waals surface area (Å²) in [5.41, 5.74) is 1.75. The lowest BCUT2D eigenvalue weighted by atomic mass is 9.88. The highest BCUT2D eigenvalue weighted by Crippen LogP contribution is 2.27. The average molecular weight is 413 g/mol. The summed E-state index contributed by atoms with van der Waals surface area (Å²) in [7, 11) is -3.28. The third kappa shape index (κ3) is 4.05. The lowest BCUT2D eigenvalue weighted by Crippen LogP contribution is -2.40. The Morgan fingerprint density at radius 1 is 0.862 bits per heavy atom. The van der Waals surface area contributed by atoms with Gasteiger partial charge >= 0.3 is 0 Å². The minimum atomic E-state index is -3.28. The maximum Gasteiger partial charge on any atom is 0.253 e. The van der Waals surface area contributed by atoms with Crippen molar-refractivity contribution in [3.05, 3.63) is 65.7 Å². The van der Waals surface area contributed by atoms with Crippen LogP contribution in [-0.2, 0) is 10.0 Å². The van der Waals surface area contributed by atoms with Crippen LogP contribution < -0.4 is 4.31 Å². The Morgan fingerprint density at radius 3 is 2.21 bits per heavy atom. The predicted molar refractivity (Wildman–Crippen MR) is 112 cm³/mol. The molecule has 0 radical (unpaired) electrons. The van der Waals surface area contributed by atoms with Crippen molar-refractivity contribution in [3.63, 3.8) is 0 Å². The van der Waals surface area contributed by atoms with E-state index in [1.807, 2.05) is 30.3 Å². The van der Waals surface area contributed by atoms with Gasteiger partial charge in [-0.15, -0.1) is 0 Å². The van der Waals surface area contributed by atoms with Crippen LogP contribution >= 0.6 is 0 Å². The number of nitrogens with zero attached hydrogens (tertiary/aromatic N) is 2. The zero-order chi connectivity index (χ0) is 20.4. The highest BCUT2D eigenvalue weighted by Gasteiger charge is 2.31. The van der Waals surface area contributed by atoms with E-state index in [0.717, 1.165) is 5.56 Å². The Labute approximate surface area is 171 Å². The molecule has 0 aromatic heterocycles.